The Hall–Kier alpha value is -3.63. The molecule has 0 aliphatic carbocycles. The van der Waals surface area contributed by atoms with Crippen molar-refractivity contribution in [3.63, 3.8) is 0 Å². The van der Waals surface area contributed by atoms with Crippen LogP contribution in [0, 0.1) is 13.8 Å². The number of rotatable bonds is 5. The molecule has 0 aliphatic heterocycles. The Morgan fingerprint density at radius 1 is 1.20 bits per heavy atom. The molecule has 0 bridgehead atoms. The molecule has 2 heterocycles. The molecule has 0 amide bonds. The van der Waals surface area contributed by atoms with Crippen LogP contribution < -0.4 is 0 Å². The van der Waals surface area contributed by atoms with Crippen LogP contribution in [0.2, 0.25) is 0 Å². The fourth-order valence-corrected chi connectivity index (χ4v) is 2.83. The minimum absolute atomic E-state index is 0.0607. The van der Waals surface area contributed by atoms with Crippen molar-refractivity contribution in [1.82, 2.24) is 15.1 Å². The fraction of sp³-hybridized carbons (Fsp3) is 0.263. The number of H-pyrrole nitrogens is 1. The van der Waals surface area contributed by atoms with E-state index in [0.717, 1.165) is 12.1 Å². The Balaban J connectivity index is 1.72. The van der Waals surface area contributed by atoms with Gasteiger partial charge in [-0.3, -0.25) is 0 Å². The average molecular weight is 423 g/mol. The van der Waals surface area contributed by atoms with Gasteiger partial charge in [0.15, 0.2) is 6.61 Å². The number of carbonyl (C=O) groups excluding carboxylic acids is 2. The van der Waals surface area contributed by atoms with E-state index in [4.69, 9.17) is 9.26 Å². The van der Waals surface area contributed by atoms with Crippen molar-refractivity contribution in [3.8, 4) is 11.4 Å². The van der Waals surface area contributed by atoms with Gasteiger partial charge in [0.25, 0.3) is 5.89 Å². The zero-order valence-electron chi connectivity index (χ0n) is 16.1. The summed E-state index contributed by atoms with van der Waals surface area (Å²) < 4.78 is 53.3. The van der Waals surface area contributed by atoms with Gasteiger partial charge in [0.05, 0.1) is 18.2 Å². The molecule has 0 fully saturated rings. The van der Waals surface area contributed by atoms with Crippen LogP contribution in [-0.4, -0.2) is 34.2 Å². The second-order valence-corrected chi connectivity index (χ2v) is 6.28. The van der Waals surface area contributed by atoms with Gasteiger partial charge in [0.1, 0.15) is 5.69 Å². The maximum absolute atomic E-state index is 12.8. The van der Waals surface area contributed by atoms with E-state index < -0.39 is 30.3 Å². The third-order valence-electron chi connectivity index (χ3n) is 4.27. The minimum atomic E-state index is -4.51. The number of aromatic nitrogens is 3. The number of hydrogen-bond acceptors (Lipinski definition) is 7. The highest BCUT2D eigenvalue weighted by Crippen LogP contribution is 2.31. The predicted molar refractivity (Wildman–Crippen MR) is 95.5 cm³/mol. The lowest BCUT2D eigenvalue weighted by Crippen LogP contribution is -2.08. The van der Waals surface area contributed by atoms with E-state index >= 15 is 0 Å². The van der Waals surface area contributed by atoms with Crippen molar-refractivity contribution in [2.45, 2.75) is 26.6 Å². The number of nitrogens with one attached hydrogen (secondary N) is 1. The number of benzene rings is 1. The van der Waals surface area contributed by atoms with Gasteiger partial charge in [-0.25, -0.2) is 9.59 Å². The van der Waals surface area contributed by atoms with Crippen molar-refractivity contribution < 1.29 is 36.8 Å². The number of methoxy groups -OCH3 is 1. The third kappa shape index (κ3) is 4.19. The zero-order valence-corrected chi connectivity index (χ0v) is 16.1. The van der Waals surface area contributed by atoms with Crippen molar-refractivity contribution in [1.29, 1.82) is 0 Å². The number of nitrogens with zero attached hydrogens (tertiary/aromatic N) is 2. The number of halogens is 3. The van der Waals surface area contributed by atoms with Crippen LogP contribution in [0.15, 0.2) is 28.8 Å². The maximum Gasteiger partial charge on any atom is 0.416 e. The standard InChI is InChI=1S/C19H16F3N3O5/c1-9-14(17(26)28-3)10(2)23-15(9)18(27)29-8-13-24-16(25-30-13)11-5-4-6-12(7-11)19(20,21)22/h4-7,23H,8H2,1-3H3. The van der Waals surface area contributed by atoms with Gasteiger partial charge < -0.3 is 19.0 Å². The Kier molecular flexibility index (Phi) is 5.63. The molecule has 1 aromatic carbocycles. The van der Waals surface area contributed by atoms with E-state index in [-0.39, 0.29) is 28.5 Å². The Morgan fingerprint density at radius 3 is 2.60 bits per heavy atom. The first kappa shape index (κ1) is 21.1. The number of esters is 2. The molecule has 158 valence electrons. The van der Waals surface area contributed by atoms with Gasteiger partial charge in [0.2, 0.25) is 5.82 Å². The molecule has 30 heavy (non-hydrogen) atoms. The molecule has 2 aromatic heterocycles. The number of hydrogen-bond donors (Lipinski definition) is 1. The number of ether oxygens (including phenoxy) is 2. The van der Waals surface area contributed by atoms with Crippen LogP contribution in [0.5, 0.6) is 0 Å². The largest absolute Gasteiger partial charge is 0.465 e. The van der Waals surface area contributed by atoms with Crippen LogP contribution in [0.4, 0.5) is 13.2 Å². The summed E-state index contributed by atoms with van der Waals surface area (Å²) in [7, 11) is 1.23. The van der Waals surface area contributed by atoms with Gasteiger partial charge in [-0.05, 0) is 31.5 Å². The van der Waals surface area contributed by atoms with Crippen molar-refractivity contribution in [2.75, 3.05) is 7.11 Å². The normalized spacial score (nSPS) is 11.4. The van der Waals surface area contributed by atoms with Crippen molar-refractivity contribution in [2.24, 2.45) is 0 Å². The van der Waals surface area contributed by atoms with E-state index in [0.29, 0.717) is 11.3 Å². The molecule has 0 radical (unpaired) electrons. The first-order valence-corrected chi connectivity index (χ1v) is 8.56. The van der Waals surface area contributed by atoms with E-state index in [2.05, 4.69) is 19.9 Å². The lowest BCUT2D eigenvalue weighted by Gasteiger charge is -2.06. The van der Waals surface area contributed by atoms with Gasteiger partial charge >= 0.3 is 18.1 Å². The van der Waals surface area contributed by atoms with Crippen LogP contribution in [0.1, 0.15) is 43.6 Å². The van der Waals surface area contributed by atoms with Crippen molar-refractivity contribution in [3.05, 3.63) is 58.2 Å². The quantitative estimate of drug-likeness (QED) is 0.621. The maximum atomic E-state index is 12.8. The van der Waals surface area contributed by atoms with Gasteiger partial charge in [-0.2, -0.15) is 18.2 Å². The second-order valence-electron chi connectivity index (χ2n) is 6.28. The summed E-state index contributed by atoms with van der Waals surface area (Å²) >= 11 is 0. The summed E-state index contributed by atoms with van der Waals surface area (Å²) in [6, 6.07) is 4.44. The Morgan fingerprint density at radius 2 is 1.93 bits per heavy atom. The zero-order chi connectivity index (χ0) is 22.1. The monoisotopic (exact) mass is 423 g/mol. The number of aromatic amines is 1. The van der Waals surface area contributed by atoms with Crippen LogP contribution in [0.25, 0.3) is 11.4 Å². The summed E-state index contributed by atoms with van der Waals surface area (Å²) in [4.78, 5) is 30.8. The van der Waals surface area contributed by atoms with E-state index in [1.54, 1.807) is 13.8 Å². The summed E-state index contributed by atoms with van der Waals surface area (Å²) in [5.41, 5.74) is 0.344. The SMILES string of the molecule is COC(=O)c1c(C)[nH]c(C(=O)OCc2nc(-c3cccc(C(F)(F)F)c3)no2)c1C. The first-order valence-electron chi connectivity index (χ1n) is 8.56. The Bertz CT molecular complexity index is 1100. The highest BCUT2D eigenvalue weighted by atomic mass is 19.4. The lowest BCUT2D eigenvalue weighted by molar-refractivity contribution is -0.137. The molecule has 3 aromatic rings. The summed E-state index contributed by atoms with van der Waals surface area (Å²) in [5, 5.41) is 3.62. The number of carbonyl (C=O) groups is 2. The molecular weight excluding hydrogens is 407 g/mol. The molecule has 0 aliphatic rings. The smallest absolute Gasteiger partial charge is 0.416 e. The lowest BCUT2D eigenvalue weighted by atomic mass is 10.1. The summed E-state index contributed by atoms with van der Waals surface area (Å²) in [5.74, 6) is -1.55. The molecule has 8 nitrogen and oxygen atoms in total. The molecule has 0 spiro atoms. The molecule has 0 saturated heterocycles. The predicted octanol–water partition coefficient (Wildman–Crippen LogP) is 3.84. The fourth-order valence-electron chi connectivity index (χ4n) is 2.83. The highest BCUT2D eigenvalue weighted by Gasteiger charge is 2.31. The molecular formula is C19H16F3N3O5. The molecule has 0 unspecified atom stereocenters. The molecule has 11 heteroatoms. The molecule has 0 atom stereocenters. The Labute approximate surface area is 168 Å². The second kappa shape index (κ2) is 8.01. The number of alkyl halides is 3. The van der Waals surface area contributed by atoms with E-state index in [9.17, 15) is 22.8 Å². The number of aryl methyl sites for hydroxylation is 1. The molecule has 3 rings (SSSR count). The summed E-state index contributed by atoms with van der Waals surface area (Å²) in [6.07, 6.45) is -4.51. The van der Waals surface area contributed by atoms with E-state index in [1.165, 1.54) is 19.2 Å². The molecule has 1 N–H and O–H groups in total. The van der Waals surface area contributed by atoms with Gasteiger partial charge in [-0.1, -0.05) is 17.3 Å². The van der Waals surface area contributed by atoms with Gasteiger partial charge in [-0.15, -0.1) is 0 Å². The third-order valence-corrected chi connectivity index (χ3v) is 4.27. The summed E-state index contributed by atoms with van der Waals surface area (Å²) in [6.45, 7) is 2.76. The van der Waals surface area contributed by atoms with Crippen LogP contribution in [0.3, 0.4) is 0 Å². The van der Waals surface area contributed by atoms with Crippen LogP contribution >= 0.6 is 0 Å². The average Bonchev–Trinajstić information content (AvgIpc) is 3.29. The molecule has 0 saturated carbocycles. The van der Waals surface area contributed by atoms with Gasteiger partial charge in [0, 0.05) is 11.3 Å². The van der Waals surface area contributed by atoms with Crippen molar-refractivity contribution >= 4 is 11.9 Å². The first-order chi connectivity index (χ1) is 14.1. The minimum Gasteiger partial charge on any atom is -0.465 e. The van der Waals surface area contributed by atoms with Crippen LogP contribution in [-0.2, 0) is 22.3 Å². The highest BCUT2D eigenvalue weighted by molar-refractivity contribution is 5.98. The van der Waals surface area contributed by atoms with E-state index in [1.807, 2.05) is 0 Å². The topological polar surface area (TPSA) is 107 Å².